The number of rotatable bonds is 4. The molecule has 4 aromatic rings. The maximum Gasteiger partial charge on any atom is 0.125 e. The zero-order valence-corrected chi connectivity index (χ0v) is 15.0. The maximum absolute atomic E-state index is 5.95. The first-order valence-electron chi connectivity index (χ1n) is 8.93. The molecule has 126 valence electrons. The molecule has 0 aliphatic rings. The van der Waals surface area contributed by atoms with Gasteiger partial charge in [0.05, 0.1) is 17.6 Å². The first-order valence-corrected chi connectivity index (χ1v) is 8.93. The van der Waals surface area contributed by atoms with Crippen LogP contribution in [0.2, 0.25) is 0 Å². The molecule has 0 saturated heterocycles. The lowest BCUT2D eigenvalue weighted by molar-refractivity contribution is 0.313. The molecule has 3 aromatic carbocycles. The van der Waals surface area contributed by atoms with E-state index >= 15 is 0 Å². The van der Waals surface area contributed by atoms with Gasteiger partial charge in [-0.25, -0.2) is 0 Å². The van der Waals surface area contributed by atoms with Gasteiger partial charge in [-0.05, 0) is 55.7 Å². The van der Waals surface area contributed by atoms with Crippen LogP contribution in [-0.2, 0) is 0 Å². The van der Waals surface area contributed by atoms with E-state index in [0.29, 0.717) is 0 Å². The number of ether oxygens (including phenoxy) is 1. The van der Waals surface area contributed by atoms with E-state index in [1.54, 1.807) is 0 Å². The van der Waals surface area contributed by atoms with Crippen LogP contribution in [0.25, 0.3) is 27.5 Å². The summed E-state index contributed by atoms with van der Waals surface area (Å²) in [6.45, 7) is 7.16. The van der Waals surface area contributed by atoms with Gasteiger partial charge in [-0.3, -0.25) is 0 Å². The van der Waals surface area contributed by atoms with E-state index in [1.807, 2.05) is 0 Å². The van der Waals surface area contributed by atoms with E-state index < -0.39 is 0 Å². The molecular formula is C23H23NO. The van der Waals surface area contributed by atoms with Crippen molar-refractivity contribution in [3.63, 3.8) is 0 Å². The number of aromatic nitrogens is 1. The van der Waals surface area contributed by atoms with Crippen LogP contribution >= 0.6 is 0 Å². The van der Waals surface area contributed by atoms with Gasteiger partial charge in [0.15, 0.2) is 0 Å². The van der Waals surface area contributed by atoms with Gasteiger partial charge in [-0.1, -0.05) is 43.3 Å². The van der Waals surface area contributed by atoms with Crippen LogP contribution in [0.1, 0.15) is 24.5 Å². The van der Waals surface area contributed by atoms with Crippen LogP contribution in [0.3, 0.4) is 0 Å². The van der Waals surface area contributed by atoms with Gasteiger partial charge in [-0.2, -0.15) is 0 Å². The third-order valence-electron chi connectivity index (χ3n) is 4.73. The average Bonchev–Trinajstić information content (AvgIpc) is 2.95. The molecule has 0 N–H and O–H groups in total. The van der Waals surface area contributed by atoms with Crippen molar-refractivity contribution in [2.75, 3.05) is 6.61 Å². The Bertz CT molecular complexity index is 982. The maximum atomic E-state index is 5.95. The lowest BCUT2D eigenvalue weighted by atomic mass is 10.1. The highest BCUT2D eigenvalue weighted by molar-refractivity contribution is 6.09. The molecule has 0 fully saturated rings. The number of nitrogens with zero attached hydrogens (tertiary/aromatic N) is 1. The fraction of sp³-hybridized carbons (Fsp3) is 0.217. The molecule has 2 nitrogen and oxygen atoms in total. The smallest absolute Gasteiger partial charge is 0.125 e. The Hall–Kier alpha value is -2.74. The van der Waals surface area contributed by atoms with E-state index in [4.69, 9.17) is 4.74 Å². The highest BCUT2D eigenvalue weighted by Crippen LogP contribution is 2.34. The molecular weight excluding hydrogens is 306 g/mol. The SMILES string of the molecule is CCCOc1c(C)cc(-n2c3ccccc3c3ccccc32)cc1C. The van der Waals surface area contributed by atoms with Gasteiger partial charge in [0, 0.05) is 16.5 Å². The van der Waals surface area contributed by atoms with Crippen molar-refractivity contribution in [2.24, 2.45) is 0 Å². The number of para-hydroxylation sites is 2. The molecule has 0 atom stereocenters. The molecule has 1 heterocycles. The fourth-order valence-corrected chi connectivity index (χ4v) is 3.69. The normalized spacial score (nSPS) is 11.3. The Balaban J connectivity index is 1.98. The molecule has 0 unspecified atom stereocenters. The standard InChI is InChI=1S/C23H23NO/c1-4-13-25-23-16(2)14-18(15-17(23)3)24-21-11-7-5-9-19(21)20-10-6-8-12-22(20)24/h5-12,14-15H,4,13H2,1-3H3. The van der Waals surface area contributed by atoms with Gasteiger partial charge < -0.3 is 9.30 Å². The second-order valence-electron chi connectivity index (χ2n) is 6.63. The predicted octanol–water partition coefficient (Wildman–Crippen LogP) is 6.19. The quantitative estimate of drug-likeness (QED) is 0.435. The molecule has 0 bridgehead atoms. The van der Waals surface area contributed by atoms with Crippen molar-refractivity contribution < 1.29 is 4.74 Å². The van der Waals surface area contributed by atoms with Crippen molar-refractivity contribution in [3.05, 3.63) is 71.8 Å². The van der Waals surface area contributed by atoms with Gasteiger partial charge in [0.25, 0.3) is 0 Å². The predicted molar refractivity (Wildman–Crippen MR) is 106 cm³/mol. The third kappa shape index (κ3) is 2.58. The van der Waals surface area contributed by atoms with E-state index in [0.717, 1.165) is 18.8 Å². The highest BCUT2D eigenvalue weighted by atomic mass is 16.5. The Labute approximate surface area is 148 Å². The second-order valence-corrected chi connectivity index (χ2v) is 6.63. The van der Waals surface area contributed by atoms with Crippen molar-refractivity contribution in [2.45, 2.75) is 27.2 Å². The number of hydrogen-bond acceptors (Lipinski definition) is 1. The van der Waals surface area contributed by atoms with Crippen molar-refractivity contribution in [3.8, 4) is 11.4 Å². The van der Waals surface area contributed by atoms with Gasteiger partial charge in [-0.15, -0.1) is 0 Å². The molecule has 0 aliphatic carbocycles. The summed E-state index contributed by atoms with van der Waals surface area (Å²) in [5.74, 6) is 1.02. The lowest BCUT2D eigenvalue weighted by Gasteiger charge is -2.15. The molecule has 4 rings (SSSR count). The number of benzene rings is 3. The van der Waals surface area contributed by atoms with Crippen LogP contribution in [0, 0.1) is 13.8 Å². The van der Waals surface area contributed by atoms with E-state index in [2.05, 4.69) is 86.0 Å². The van der Waals surface area contributed by atoms with Crippen LogP contribution in [-0.4, -0.2) is 11.2 Å². The van der Waals surface area contributed by atoms with Crippen molar-refractivity contribution >= 4 is 21.8 Å². The monoisotopic (exact) mass is 329 g/mol. The minimum absolute atomic E-state index is 0.760. The summed E-state index contributed by atoms with van der Waals surface area (Å²) in [6, 6.07) is 21.7. The minimum Gasteiger partial charge on any atom is -0.493 e. The summed E-state index contributed by atoms with van der Waals surface area (Å²) < 4.78 is 8.31. The molecule has 2 heteroatoms. The van der Waals surface area contributed by atoms with E-state index in [1.165, 1.54) is 38.6 Å². The van der Waals surface area contributed by atoms with E-state index in [9.17, 15) is 0 Å². The Kier molecular flexibility index (Phi) is 3.96. The lowest BCUT2D eigenvalue weighted by Crippen LogP contribution is -2.02. The summed E-state index contributed by atoms with van der Waals surface area (Å²) in [6.07, 6.45) is 1.02. The fourth-order valence-electron chi connectivity index (χ4n) is 3.69. The van der Waals surface area contributed by atoms with Crippen molar-refractivity contribution in [1.82, 2.24) is 4.57 Å². The first-order chi connectivity index (χ1) is 12.2. The van der Waals surface area contributed by atoms with Gasteiger partial charge in [0.1, 0.15) is 5.75 Å². The van der Waals surface area contributed by atoms with Gasteiger partial charge in [0.2, 0.25) is 0 Å². The Morgan fingerprint density at radius 3 is 1.84 bits per heavy atom. The number of aryl methyl sites for hydroxylation is 2. The summed E-state index contributed by atoms with van der Waals surface area (Å²) in [7, 11) is 0. The summed E-state index contributed by atoms with van der Waals surface area (Å²) >= 11 is 0. The van der Waals surface area contributed by atoms with Crippen molar-refractivity contribution in [1.29, 1.82) is 0 Å². The van der Waals surface area contributed by atoms with Crippen LogP contribution in [0.4, 0.5) is 0 Å². The van der Waals surface area contributed by atoms with Crippen LogP contribution < -0.4 is 4.74 Å². The largest absolute Gasteiger partial charge is 0.493 e. The second kappa shape index (κ2) is 6.29. The molecule has 25 heavy (non-hydrogen) atoms. The summed E-state index contributed by atoms with van der Waals surface area (Å²) in [5.41, 5.74) is 6.04. The Morgan fingerprint density at radius 2 is 1.32 bits per heavy atom. The van der Waals surface area contributed by atoms with E-state index in [-0.39, 0.29) is 0 Å². The number of hydrogen-bond donors (Lipinski definition) is 0. The molecule has 0 aliphatic heterocycles. The first kappa shape index (κ1) is 15.8. The molecule has 0 radical (unpaired) electrons. The zero-order valence-electron chi connectivity index (χ0n) is 15.0. The zero-order chi connectivity index (χ0) is 17.4. The molecule has 0 saturated carbocycles. The Morgan fingerprint density at radius 1 is 0.800 bits per heavy atom. The average molecular weight is 329 g/mol. The van der Waals surface area contributed by atoms with Crippen LogP contribution in [0.5, 0.6) is 5.75 Å². The van der Waals surface area contributed by atoms with Gasteiger partial charge >= 0.3 is 0 Å². The highest BCUT2D eigenvalue weighted by Gasteiger charge is 2.13. The number of fused-ring (bicyclic) bond motifs is 3. The summed E-state index contributed by atoms with van der Waals surface area (Å²) in [5, 5.41) is 2.58. The summed E-state index contributed by atoms with van der Waals surface area (Å²) in [4.78, 5) is 0. The molecule has 0 spiro atoms. The molecule has 0 amide bonds. The van der Waals surface area contributed by atoms with Crippen LogP contribution in [0.15, 0.2) is 60.7 Å². The topological polar surface area (TPSA) is 14.2 Å². The molecule has 1 aromatic heterocycles. The minimum atomic E-state index is 0.760. The third-order valence-corrected chi connectivity index (χ3v) is 4.73.